The molecule has 0 aliphatic rings. The quantitative estimate of drug-likeness (QED) is 0.690. The van der Waals surface area contributed by atoms with Crippen LogP contribution in [0.25, 0.3) is 11.5 Å². The van der Waals surface area contributed by atoms with Crippen molar-refractivity contribution in [3.8, 4) is 17.4 Å². The largest absolute Gasteiger partial charge is 0.492 e. The monoisotopic (exact) mass is 175 g/mol. The van der Waals surface area contributed by atoms with Gasteiger partial charge in [0.1, 0.15) is 5.69 Å². The summed E-state index contributed by atoms with van der Waals surface area (Å²) in [5.41, 5.74) is 1.38. The van der Waals surface area contributed by atoms with Crippen molar-refractivity contribution in [2.75, 3.05) is 0 Å². The maximum atomic E-state index is 9.23. The SMILES string of the molecule is Cc1[nH]c(-c2ccccn2)nc1O. The van der Waals surface area contributed by atoms with E-state index in [4.69, 9.17) is 0 Å². The molecule has 4 heteroatoms. The topological polar surface area (TPSA) is 61.8 Å². The second-order valence-electron chi connectivity index (χ2n) is 2.75. The molecular weight excluding hydrogens is 166 g/mol. The number of aromatic nitrogens is 3. The Labute approximate surface area is 75.3 Å². The summed E-state index contributed by atoms with van der Waals surface area (Å²) in [6.45, 7) is 1.76. The van der Waals surface area contributed by atoms with Gasteiger partial charge in [-0.2, -0.15) is 4.98 Å². The number of H-pyrrole nitrogens is 1. The molecule has 0 aromatic carbocycles. The summed E-state index contributed by atoms with van der Waals surface area (Å²) < 4.78 is 0. The number of nitrogens with one attached hydrogen (secondary N) is 1. The van der Waals surface area contributed by atoms with E-state index in [1.165, 1.54) is 0 Å². The summed E-state index contributed by atoms with van der Waals surface area (Å²) in [4.78, 5) is 11.0. The lowest BCUT2D eigenvalue weighted by atomic mass is 10.3. The molecule has 2 aromatic heterocycles. The van der Waals surface area contributed by atoms with Crippen molar-refractivity contribution in [1.82, 2.24) is 15.0 Å². The first-order valence-electron chi connectivity index (χ1n) is 3.94. The number of nitrogens with zero attached hydrogens (tertiary/aromatic N) is 2. The molecule has 4 nitrogen and oxygen atoms in total. The van der Waals surface area contributed by atoms with E-state index in [-0.39, 0.29) is 5.88 Å². The molecule has 0 aliphatic heterocycles. The Kier molecular flexibility index (Phi) is 1.73. The van der Waals surface area contributed by atoms with Gasteiger partial charge >= 0.3 is 0 Å². The molecule has 0 bridgehead atoms. The second-order valence-corrected chi connectivity index (χ2v) is 2.75. The van der Waals surface area contributed by atoms with Gasteiger partial charge in [0.2, 0.25) is 5.88 Å². The van der Waals surface area contributed by atoms with Crippen LogP contribution in [0.2, 0.25) is 0 Å². The summed E-state index contributed by atoms with van der Waals surface area (Å²) in [6, 6.07) is 5.54. The van der Waals surface area contributed by atoms with Crippen molar-refractivity contribution in [2.24, 2.45) is 0 Å². The van der Waals surface area contributed by atoms with Crippen molar-refractivity contribution in [3.63, 3.8) is 0 Å². The van der Waals surface area contributed by atoms with E-state index >= 15 is 0 Å². The summed E-state index contributed by atoms with van der Waals surface area (Å²) in [5, 5.41) is 9.23. The zero-order valence-corrected chi connectivity index (χ0v) is 7.15. The number of aromatic amines is 1. The Hall–Kier alpha value is -1.84. The van der Waals surface area contributed by atoms with Crippen LogP contribution >= 0.6 is 0 Å². The van der Waals surface area contributed by atoms with Gasteiger partial charge < -0.3 is 10.1 Å². The predicted octanol–water partition coefficient (Wildman–Crippen LogP) is 1.49. The minimum atomic E-state index is 0.0284. The fourth-order valence-electron chi connectivity index (χ4n) is 1.08. The van der Waals surface area contributed by atoms with Gasteiger partial charge in [0.05, 0.1) is 5.69 Å². The van der Waals surface area contributed by atoms with E-state index in [0.29, 0.717) is 11.5 Å². The number of aryl methyl sites for hydroxylation is 1. The number of imidazole rings is 1. The van der Waals surface area contributed by atoms with Gasteiger partial charge in [-0.1, -0.05) is 6.07 Å². The molecular formula is C9H9N3O. The molecule has 2 aromatic rings. The van der Waals surface area contributed by atoms with Crippen molar-refractivity contribution < 1.29 is 5.11 Å². The lowest BCUT2D eigenvalue weighted by molar-refractivity contribution is 0.452. The molecule has 0 unspecified atom stereocenters. The third-order valence-corrected chi connectivity index (χ3v) is 1.77. The fourth-order valence-corrected chi connectivity index (χ4v) is 1.08. The first-order chi connectivity index (χ1) is 6.27. The first-order valence-corrected chi connectivity index (χ1v) is 3.94. The lowest BCUT2D eigenvalue weighted by Gasteiger charge is -1.92. The molecule has 2 rings (SSSR count). The number of aromatic hydroxyl groups is 1. The molecule has 66 valence electrons. The highest BCUT2D eigenvalue weighted by molar-refractivity contribution is 5.50. The highest BCUT2D eigenvalue weighted by Crippen LogP contribution is 2.18. The molecule has 0 radical (unpaired) electrons. The van der Waals surface area contributed by atoms with Crippen LogP contribution in [0.15, 0.2) is 24.4 Å². The third kappa shape index (κ3) is 1.38. The van der Waals surface area contributed by atoms with Crippen molar-refractivity contribution in [2.45, 2.75) is 6.92 Å². The maximum absolute atomic E-state index is 9.23. The lowest BCUT2D eigenvalue weighted by Crippen LogP contribution is -1.83. The molecule has 13 heavy (non-hydrogen) atoms. The van der Waals surface area contributed by atoms with Gasteiger partial charge in [0.25, 0.3) is 0 Å². The fraction of sp³-hybridized carbons (Fsp3) is 0.111. The Bertz CT molecular complexity index is 389. The predicted molar refractivity (Wildman–Crippen MR) is 48.2 cm³/mol. The van der Waals surface area contributed by atoms with Crippen LogP contribution in [0.1, 0.15) is 5.69 Å². The minimum Gasteiger partial charge on any atom is -0.492 e. The van der Waals surface area contributed by atoms with Crippen LogP contribution in [0.4, 0.5) is 0 Å². The Morgan fingerprint density at radius 1 is 1.38 bits per heavy atom. The van der Waals surface area contributed by atoms with Crippen LogP contribution in [0.5, 0.6) is 5.88 Å². The molecule has 0 amide bonds. The van der Waals surface area contributed by atoms with E-state index in [1.54, 1.807) is 13.1 Å². The van der Waals surface area contributed by atoms with Gasteiger partial charge in [0.15, 0.2) is 5.82 Å². The zero-order chi connectivity index (χ0) is 9.26. The zero-order valence-electron chi connectivity index (χ0n) is 7.15. The molecule has 0 atom stereocenters. The maximum Gasteiger partial charge on any atom is 0.232 e. The Morgan fingerprint density at radius 3 is 2.77 bits per heavy atom. The first kappa shape index (κ1) is 7.79. The van der Waals surface area contributed by atoms with E-state index in [0.717, 1.165) is 5.69 Å². The third-order valence-electron chi connectivity index (χ3n) is 1.77. The highest BCUT2D eigenvalue weighted by atomic mass is 16.3. The Balaban J connectivity index is 2.48. The number of hydrogen-bond donors (Lipinski definition) is 2. The van der Waals surface area contributed by atoms with Gasteiger partial charge in [0, 0.05) is 6.20 Å². The van der Waals surface area contributed by atoms with Crippen LogP contribution in [-0.2, 0) is 0 Å². The van der Waals surface area contributed by atoms with Crippen LogP contribution in [0.3, 0.4) is 0 Å². The molecule has 2 heterocycles. The van der Waals surface area contributed by atoms with E-state index in [2.05, 4.69) is 15.0 Å². The van der Waals surface area contributed by atoms with Crippen LogP contribution in [-0.4, -0.2) is 20.1 Å². The van der Waals surface area contributed by atoms with Crippen molar-refractivity contribution >= 4 is 0 Å². The molecule has 0 aliphatic carbocycles. The molecule has 0 spiro atoms. The van der Waals surface area contributed by atoms with E-state index < -0.39 is 0 Å². The Morgan fingerprint density at radius 2 is 2.23 bits per heavy atom. The molecule has 0 fully saturated rings. The molecule has 2 N–H and O–H groups in total. The van der Waals surface area contributed by atoms with Gasteiger partial charge in [-0.15, -0.1) is 0 Å². The van der Waals surface area contributed by atoms with Crippen molar-refractivity contribution in [1.29, 1.82) is 0 Å². The average Bonchev–Trinajstić information content (AvgIpc) is 2.49. The number of rotatable bonds is 1. The number of pyridine rings is 1. The molecule has 0 saturated carbocycles. The summed E-state index contributed by atoms with van der Waals surface area (Å²) in [7, 11) is 0. The van der Waals surface area contributed by atoms with E-state index in [9.17, 15) is 5.11 Å². The van der Waals surface area contributed by atoms with Crippen LogP contribution in [0, 0.1) is 6.92 Å². The van der Waals surface area contributed by atoms with Crippen LogP contribution < -0.4 is 0 Å². The second kappa shape index (κ2) is 2.90. The normalized spacial score (nSPS) is 10.2. The van der Waals surface area contributed by atoms with Gasteiger partial charge in [-0.05, 0) is 19.1 Å². The van der Waals surface area contributed by atoms with Gasteiger partial charge in [-0.25, -0.2) is 0 Å². The summed E-state index contributed by atoms with van der Waals surface area (Å²) in [6.07, 6.45) is 1.68. The smallest absolute Gasteiger partial charge is 0.232 e. The standard InChI is InChI=1S/C9H9N3O/c1-6-9(13)12-8(11-6)7-4-2-3-5-10-7/h2-5,13H,1H3,(H,11,12). The highest BCUT2D eigenvalue weighted by Gasteiger charge is 2.06. The van der Waals surface area contributed by atoms with Crippen molar-refractivity contribution in [3.05, 3.63) is 30.1 Å². The summed E-state index contributed by atoms with van der Waals surface area (Å²) >= 11 is 0. The number of hydrogen-bond acceptors (Lipinski definition) is 3. The van der Waals surface area contributed by atoms with Gasteiger partial charge in [-0.3, -0.25) is 4.98 Å². The summed E-state index contributed by atoms with van der Waals surface area (Å²) in [5.74, 6) is 0.622. The minimum absolute atomic E-state index is 0.0284. The average molecular weight is 175 g/mol. The van der Waals surface area contributed by atoms with E-state index in [1.807, 2.05) is 18.2 Å². The molecule has 0 saturated heterocycles.